The minimum Gasteiger partial charge on any atom is -0.507 e. The molecule has 0 radical (unpaired) electrons. The van der Waals surface area contributed by atoms with Gasteiger partial charge in [0.1, 0.15) is 5.75 Å². The number of benzene rings is 1. The third kappa shape index (κ3) is 6.88. The summed E-state index contributed by atoms with van der Waals surface area (Å²) in [6, 6.07) is 4.11. The van der Waals surface area contributed by atoms with Crippen molar-refractivity contribution >= 4 is 11.6 Å². The van der Waals surface area contributed by atoms with Crippen molar-refractivity contribution in [2.24, 2.45) is 0 Å². The van der Waals surface area contributed by atoms with Gasteiger partial charge in [0, 0.05) is 0 Å². The van der Waals surface area contributed by atoms with Crippen LogP contribution in [0.4, 0.5) is 13.2 Å². The summed E-state index contributed by atoms with van der Waals surface area (Å²) >= 11 is 0. The summed E-state index contributed by atoms with van der Waals surface area (Å²) in [6.45, 7) is 2.15. The molecule has 1 aromatic rings. The van der Waals surface area contributed by atoms with Crippen molar-refractivity contribution in [1.29, 1.82) is 0 Å². The Morgan fingerprint density at radius 3 is 2.20 bits per heavy atom. The van der Waals surface area contributed by atoms with Gasteiger partial charge in [-0.25, -0.2) is 13.2 Å². The summed E-state index contributed by atoms with van der Waals surface area (Å²) in [5.74, 6) is -4.02. The predicted octanol–water partition coefficient (Wildman–Crippen LogP) is 5.04. The van der Waals surface area contributed by atoms with Crippen molar-refractivity contribution in [3.8, 4) is 5.75 Å². The van der Waals surface area contributed by atoms with Crippen LogP contribution >= 0.6 is 0 Å². The summed E-state index contributed by atoms with van der Waals surface area (Å²) in [5.41, 5.74) is 0.272. The Morgan fingerprint density at radius 2 is 1.60 bits per heavy atom. The van der Waals surface area contributed by atoms with Crippen LogP contribution in [0.15, 0.2) is 18.2 Å². The highest BCUT2D eigenvalue weighted by Crippen LogP contribution is 2.23. The molecule has 140 valence electrons. The van der Waals surface area contributed by atoms with E-state index in [1.165, 1.54) is 37.8 Å². The maximum atomic E-state index is 13.6. The number of carbonyl (C=O) groups excluding carboxylic acids is 2. The first-order valence-electron chi connectivity index (χ1n) is 8.70. The third-order valence-corrected chi connectivity index (χ3v) is 4.09. The van der Waals surface area contributed by atoms with Crippen LogP contribution in [0.5, 0.6) is 5.75 Å². The molecule has 0 aliphatic heterocycles. The second kappa shape index (κ2) is 10.9. The number of Topliss-reactive ketones (excluding diaryl/α,β-unsaturated/α-hetero) is 2. The van der Waals surface area contributed by atoms with Crippen molar-refractivity contribution < 1.29 is 27.9 Å². The number of unbranched alkanes of at least 4 members (excludes halogenated alkanes) is 6. The molecule has 0 bridgehead atoms. The number of halogens is 3. The second-order valence-corrected chi connectivity index (χ2v) is 6.15. The molecule has 0 saturated heterocycles. The van der Waals surface area contributed by atoms with E-state index in [1.807, 2.05) is 0 Å². The predicted molar refractivity (Wildman–Crippen MR) is 90.0 cm³/mol. The molecule has 1 N–H and O–H groups in total. The Labute approximate surface area is 146 Å². The lowest BCUT2D eigenvalue weighted by atomic mass is 9.98. The van der Waals surface area contributed by atoms with Gasteiger partial charge in [-0.2, -0.15) is 0 Å². The van der Waals surface area contributed by atoms with E-state index in [0.29, 0.717) is 12.0 Å². The number of phenols is 1. The van der Waals surface area contributed by atoms with Crippen molar-refractivity contribution in [3.05, 3.63) is 29.3 Å². The Balaban J connectivity index is 2.61. The maximum Gasteiger partial charge on any atom is 0.299 e. The summed E-state index contributed by atoms with van der Waals surface area (Å²) in [6.07, 6.45) is 1.92. The van der Waals surface area contributed by atoms with Gasteiger partial charge in [-0.3, -0.25) is 9.59 Å². The normalized spacial score (nSPS) is 12.4. The van der Waals surface area contributed by atoms with E-state index in [-0.39, 0.29) is 0 Å². The summed E-state index contributed by atoms with van der Waals surface area (Å²) in [7, 11) is 0. The number of aromatic hydroxyl groups is 1. The standard InChI is InChI=1S/C19H25F3O3/c1-2-3-4-5-6-7-8-9-13-10-11-15(23)14(12-13)17(24)16(20)18(25)19(21)22/h10-12,16,19,23H,2-9H2,1H3. The molecule has 0 aliphatic rings. The van der Waals surface area contributed by atoms with E-state index in [4.69, 9.17) is 0 Å². The molecule has 1 rings (SSSR count). The molecule has 0 aromatic heterocycles. The third-order valence-electron chi connectivity index (χ3n) is 4.09. The average molecular weight is 358 g/mol. The molecule has 0 saturated carbocycles. The SMILES string of the molecule is CCCCCCCCCc1ccc(O)c(C(=O)C(F)C(=O)C(F)F)c1. The number of hydrogen-bond acceptors (Lipinski definition) is 3. The molecule has 0 amide bonds. The van der Waals surface area contributed by atoms with E-state index in [0.717, 1.165) is 19.3 Å². The monoisotopic (exact) mass is 358 g/mol. The highest BCUT2D eigenvalue weighted by atomic mass is 19.3. The van der Waals surface area contributed by atoms with E-state index >= 15 is 0 Å². The number of alkyl halides is 3. The lowest BCUT2D eigenvalue weighted by Gasteiger charge is -2.10. The minimum absolute atomic E-state index is 0.429. The molecule has 0 aliphatic carbocycles. The Morgan fingerprint density at radius 1 is 1.00 bits per heavy atom. The molecular weight excluding hydrogens is 333 g/mol. The maximum absolute atomic E-state index is 13.6. The van der Waals surface area contributed by atoms with E-state index in [9.17, 15) is 27.9 Å². The van der Waals surface area contributed by atoms with Crippen LogP contribution in [-0.2, 0) is 11.2 Å². The first-order valence-corrected chi connectivity index (χ1v) is 8.70. The molecule has 3 nitrogen and oxygen atoms in total. The van der Waals surface area contributed by atoms with Gasteiger partial charge < -0.3 is 5.11 Å². The smallest absolute Gasteiger partial charge is 0.299 e. The Hall–Kier alpha value is -1.85. The fourth-order valence-corrected chi connectivity index (χ4v) is 2.60. The number of ketones is 2. The van der Waals surface area contributed by atoms with Gasteiger partial charge in [-0.15, -0.1) is 0 Å². The Kier molecular flexibility index (Phi) is 9.24. The van der Waals surface area contributed by atoms with E-state index < -0.39 is 35.5 Å². The van der Waals surface area contributed by atoms with Gasteiger partial charge in [-0.05, 0) is 30.5 Å². The van der Waals surface area contributed by atoms with Gasteiger partial charge in [-0.1, -0.05) is 51.5 Å². The lowest BCUT2D eigenvalue weighted by molar-refractivity contribution is -0.132. The molecule has 0 spiro atoms. The summed E-state index contributed by atoms with van der Waals surface area (Å²) < 4.78 is 38.1. The van der Waals surface area contributed by atoms with Gasteiger partial charge in [0.05, 0.1) is 5.56 Å². The average Bonchev–Trinajstić information content (AvgIpc) is 2.60. The molecule has 1 atom stereocenters. The highest BCUT2D eigenvalue weighted by Gasteiger charge is 2.34. The molecule has 6 heteroatoms. The van der Waals surface area contributed by atoms with Crippen LogP contribution in [0.25, 0.3) is 0 Å². The number of phenolic OH excluding ortho intramolecular Hbond substituents is 1. The van der Waals surface area contributed by atoms with Crippen LogP contribution in [0.1, 0.15) is 67.8 Å². The zero-order chi connectivity index (χ0) is 18.8. The van der Waals surface area contributed by atoms with Crippen LogP contribution in [0.2, 0.25) is 0 Å². The van der Waals surface area contributed by atoms with E-state index in [1.54, 1.807) is 6.07 Å². The van der Waals surface area contributed by atoms with Gasteiger partial charge in [0.15, 0.2) is 0 Å². The van der Waals surface area contributed by atoms with Crippen molar-refractivity contribution in [3.63, 3.8) is 0 Å². The van der Waals surface area contributed by atoms with Crippen LogP contribution in [-0.4, -0.2) is 29.3 Å². The van der Waals surface area contributed by atoms with Gasteiger partial charge >= 0.3 is 0 Å². The van der Waals surface area contributed by atoms with Crippen LogP contribution < -0.4 is 0 Å². The van der Waals surface area contributed by atoms with Crippen molar-refractivity contribution in [2.45, 2.75) is 70.9 Å². The number of aryl methyl sites for hydroxylation is 1. The molecule has 0 heterocycles. The van der Waals surface area contributed by atoms with Gasteiger partial charge in [0.25, 0.3) is 6.43 Å². The lowest BCUT2D eigenvalue weighted by Crippen LogP contribution is -2.31. The summed E-state index contributed by atoms with van der Waals surface area (Å²) in [5, 5.41) is 9.68. The molecule has 25 heavy (non-hydrogen) atoms. The summed E-state index contributed by atoms with van der Waals surface area (Å²) in [4.78, 5) is 22.8. The zero-order valence-electron chi connectivity index (χ0n) is 14.4. The van der Waals surface area contributed by atoms with Crippen LogP contribution in [0, 0.1) is 0 Å². The fourth-order valence-electron chi connectivity index (χ4n) is 2.60. The zero-order valence-corrected chi connectivity index (χ0v) is 14.4. The van der Waals surface area contributed by atoms with E-state index in [2.05, 4.69) is 6.92 Å². The number of rotatable bonds is 12. The Bertz CT molecular complexity index is 573. The van der Waals surface area contributed by atoms with Crippen LogP contribution in [0.3, 0.4) is 0 Å². The second-order valence-electron chi connectivity index (χ2n) is 6.15. The highest BCUT2D eigenvalue weighted by molar-refractivity contribution is 6.15. The first kappa shape index (κ1) is 21.2. The van der Waals surface area contributed by atoms with Crippen molar-refractivity contribution in [1.82, 2.24) is 0 Å². The first-order chi connectivity index (χ1) is 11.9. The topological polar surface area (TPSA) is 54.4 Å². The molecule has 0 fully saturated rings. The van der Waals surface area contributed by atoms with Crippen molar-refractivity contribution in [2.75, 3.05) is 0 Å². The molecule has 1 aromatic carbocycles. The quantitative estimate of drug-likeness (QED) is 0.323. The fraction of sp³-hybridized carbons (Fsp3) is 0.579. The molecular formula is C19H25F3O3. The molecule has 1 unspecified atom stereocenters. The minimum atomic E-state index is -3.56. The largest absolute Gasteiger partial charge is 0.507 e. The number of carbonyl (C=O) groups is 2. The van der Waals surface area contributed by atoms with Gasteiger partial charge in [0.2, 0.25) is 17.7 Å². The number of hydrogen-bond donors (Lipinski definition) is 1.